The smallest absolute Gasteiger partial charge is 0.276 e. The standard InChI is InChI=1S/C23H24N4O2S/c1-3-4-15-30-23-25-22(28)21-18-7-5-6-8-19(18)24-20(27(21)26-23)14-11-16-9-12-17(29-2)13-10-16/h5-14,20H,3-4,15H2,1-2H3,(H,25,26,28)/b14-11+/t20-/m1/s1. The molecule has 0 aliphatic carbocycles. The van der Waals surface area contributed by atoms with Gasteiger partial charge in [0.1, 0.15) is 11.4 Å². The number of para-hydroxylation sites is 1. The summed E-state index contributed by atoms with van der Waals surface area (Å²) in [5.74, 6) is 1.58. The third-order valence-electron chi connectivity index (χ3n) is 4.86. The molecule has 1 N–H and O–H groups in total. The molecule has 0 saturated heterocycles. The minimum absolute atomic E-state index is 0.144. The van der Waals surface area contributed by atoms with Crippen molar-refractivity contribution < 1.29 is 9.53 Å². The van der Waals surface area contributed by atoms with E-state index in [1.54, 1.807) is 23.9 Å². The van der Waals surface area contributed by atoms with Crippen LogP contribution in [0.5, 0.6) is 5.75 Å². The summed E-state index contributed by atoms with van der Waals surface area (Å²) in [5, 5.41) is 11.6. The van der Waals surface area contributed by atoms with E-state index >= 15 is 0 Å². The second kappa shape index (κ2) is 9.17. The Morgan fingerprint density at radius 1 is 1.20 bits per heavy atom. The Hall–Kier alpha value is -3.06. The van der Waals surface area contributed by atoms with Crippen molar-refractivity contribution in [3.63, 3.8) is 0 Å². The molecule has 7 heteroatoms. The molecule has 0 bridgehead atoms. The summed E-state index contributed by atoms with van der Waals surface area (Å²) in [6.07, 6.45) is 5.74. The fourth-order valence-electron chi connectivity index (χ4n) is 3.27. The van der Waals surface area contributed by atoms with Crippen molar-refractivity contribution >= 4 is 34.6 Å². The zero-order valence-electron chi connectivity index (χ0n) is 17.0. The van der Waals surface area contributed by atoms with E-state index in [9.17, 15) is 4.79 Å². The number of amides is 1. The van der Waals surface area contributed by atoms with Crippen LogP contribution < -0.4 is 20.6 Å². The molecule has 154 valence electrons. The molecular weight excluding hydrogens is 396 g/mol. The van der Waals surface area contributed by atoms with Crippen molar-refractivity contribution in [2.24, 2.45) is 10.1 Å². The molecule has 4 rings (SSSR count). The van der Waals surface area contributed by atoms with Gasteiger partial charge in [-0.1, -0.05) is 61.5 Å². The Morgan fingerprint density at radius 2 is 2.00 bits per heavy atom. The highest BCUT2D eigenvalue weighted by molar-refractivity contribution is 8.13. The molecule has 0 saturated carbocycles. The number of nitrogens with one attached hydrogen (secondary N) is 1. The summed E-state index contributed by atoms with van der Waals surface area (Å²) in [4.78, 5) is 17.8. The van der Waals surface area contributed by atoms with Gasteiger partial charge in [0.25, 0.3) is 5.91 Å². The predicted molar refractivity (Wildman–Crippen MR) is 121 cm³/mol. The van der Waals surface area contributed by atoms with Crippen LogP contribution in [0.15, 0.2) is 64.7 Å². The van der Waals surface area contributed by atoms with Gasteiger partial charge in [-0.15, -0.1) is 5.10 Å². The lowest BCUT2D eigenvalue weighted by atomic mass is 10.1. The van der Waals surface area contributed by atoms with E-state index < -0.39 is 6.17 Å². The van der Waals surface area contributed by atoms with Crippen molar-refractivity contribution in [1.29, 1.82) is 0 Å². The Bertz CT molecular complexity index is 1110. The van der Waals surface area contributed by atoms with Gasteiger partial charge in [0, 0.05) is 11.0 Å². The third-order valence-corrected chi connectivity index (χ3v) is 5.81. The van der Waals surface area contributed by atoms with Crippen LogP contribution in [-0.4, -0.2) is 35.1 Å². The summed E-state index contributed by atoms with van der Waals surface area (Å²) >= 11 is 1.57. The number of thioether (sulfide) groups is 1. The van der Waals surface area contributed by atoms with Gasteiger partial charge in [-0.25, -0.2) is 5.01 Å². The molecule has 2 heterocycles. The molecule has 1 atom stereocenters. The quantitative estimate of drug-likeness (QED) is 0.730. The molecular formula is C23H24N4O2S. The number of benzene rings is 2. The van der Waals surface area contributed by atoms with Crippen LogP contribution in [-0.2, 0) is 4.79 Å². The molecule has 2 aliphatic rings. The highest BCUT2D eigenvalue weighted by Crippen LogP contribution is 2.22. The first-order valence-electron chi connectivity index (χ1n) is 10.0. The van der Waals surface area contributed by atoms with E-state index in [0.29, 0.717) is 10.9 Å². The van der Waals surface area contributed by atoms with Crippen molar-refractivity contribution in [2.75, 3.05) is 12.9 Å². The second-order valence-electron chi connectivity index (χ2n) is 6.95. The van der Waals surface area contributed by atoms with E-state index in [1.807, 2.05) is 60.7 Å². The van der Waals surface area contributed by atoms with E-state index in [0.717, 1.165) is 40.5 Å². The topological polar surface area (TPSA) is 66.3 Å². The summed E-state index contributed by atoms with van der Waals surface area (Å²) in [6, 6.07) is 15.5. The largest absolute Gasteiger partial charge is 0.497 e. The average molecular weight is 421 g/mol. The maximum Gasteiger partial charge on any atom is 0.276 e. The number of hydrogen-bond donors (Lipinski definition) is 1. The maximum absolute atomic E-state index is 13.0. The van der Waals surface area contributed by atoms with Crippen molar-refractivity contribution in [3.05, 3.63) is 70.7 Å². The molecule has 6 nitrogen and oxygen atoms in total. The number of hydrazone groups is 1. The predicted octanol–water partition coefficient (Wildman–Crippen LogP) is 2.71. The average Bonchev–Trinajstić information content (AvgIpc) is 2.78. The minimum atomic E-state index is -0.398. The summed E-state index contributed by atoms with van der Waals surface area (Å²) < 4.78 is 5.22. The highest BCUT2D eigenvalue weighted by Gasteiger charge is 2.32. The number of unbranched alkanes of at least 4 members (excludes halogenated alkanes) is 1. The number of ether oxygens (including phenoxy) is 1. The molecule has 2 aliphatic heterocycles. The lowest BCUT2D eigenvalue weighted by Crippen LogP contribution is -2.52. The van der Waals surface area contributed by atoms with Crippen LogP contribution in [0.25, 0.3) is 11.8 Å². The maximum atomic E-state index is 13.0. The summed E-state index contributed by atoms with van der Waals surface area (Å²) in [5.41, 5.74) is 1.55. The Balaban J connectivity index is 1.70. The lowest BCUT2D eigenvalue weighted by Gasteiger charge is -2.32. The van der Waals surface area contributed by atoms with Crippen molar-refractivity contribution in [2.45, 2.75) is 25.9 Å². The lowest BCUT2D eigenvalue weighted by molar-refractivity contribution is -0.116. The van der Waals surface area contributed by atoms with E-state index in [-0.39, 0.29) is 5.91 Å². The molecule has 0 radical (unpaired) electrons. The summed E-state index contributed by atoms with van der Waals surface area (Å²) in [7, 11) is 1.65. The van der Waals surface area contributed by atoms with Gasteiger partial charge in [0.15, 0.2) is 11.3 Å². The zero-order chi connectivity index (χ0) is 20.9. The first-order valence-corrected chi connectivity index (χ1v) is 11.0. The zero-order valence-corrected chi connectivity index (χ0v) is 17.9. The van der Waals surface area contributed by atoms with E-state index in [1.165, 1.54) is 0 Å². The summed E-state index contributed by atoms with van der Waals surface area (Å²) in [6.45, 7) is 2.15. The van der Waals surface area contributed by atoms with Crippen LogP contribution >= 0.6 is 11.8 Å². The molecule has 1 amide bonds. The highest BCUT2D eigenvalue weighted by atomic mass is 32.2. The Kier molecular flexibility index (Phi) is 6.18. The van der Waals surface area contributed by atoms with Gasteiger partial charge < -0.3 is 4.74 Å². The number of hydrogen-bond acceptors (Lipinski definition) is 6. The SMILES string of the molecule is CCCCSC1=NN2C(=c3ccccc3=N[C@H]2/C=C/c2ccc(OC)cc2)C(=O)N1. The molecule has 30 heavy (non-hydrogen) atoms. The number of amidine groups is 1. The fourth-order valence-corrected chi connectivity index (χ4v) is 4.21. The second-order valence-corrected chi connectivity index (χ2v) is 8.03. The first kappa shape index (κ1) is 20.2. The number of rotatable bonds is 6. The first-order chi connectivity index (χ1) is 14.7. The fraction of sp³-hybridized carbons (Fsp3) is 0.261. The van der Waals surface area contributed by atoms with Crippen LogP contribution in [0.3, 0.4) is 0 Å². The monoisotopic (exact) mass is 420 g/mol. The molecule has 0 aromatic heterocycles. The number of methoxy groups -OCH3 is 1. The van der Waals surface area contributed by atoms with Gasteiger partial charge in [-0.2, -0.15) is 0 Å². The molecule has 0 fully saturated rings. The number of carbonyl (C=O) groups is 1. The Labute approximate surface area is 180 Å². The van der Waals surface area contributed by atoms with Crippen LogP contribution in [0.1, 0.15) is 25.3 Å². The molecule has 0 spiro atoms. The van der Waals surface area contributed by atoms with Gasteiger partial charge in [-0.05, 0) is 36.3 Å². The number of carbonyl (C=O) groups excluding carboxylic acids is 1. The molecule has 2 aromatic rings. The van der Waals surface area contributed by atoms with E-state index in [4.69, 9.17) is 14.8 Å². The van der Waals surface area contributed by atoms with Crippen molar-refractivity contribution in [1.82, 2.24) is 10.3 Å². The van der Waals surface area contributed by atoms with Crippen molar-refractivity contribution in [3.8, 4) is 5.75 Å². The van der Waals surface area contributed by atoms with Gasteiger partial charge >= 0.3 is 0 Å². The molecule has 2 aromatic carbocycles. The van der Waals surface area contributed by atoms with Crippen LogP contribution in [0.4, 0.5) is 0 Å². The van der Waals surface area contributed by atoms with Gasteiger partial charge in [-0.3, -0.25) is 15.1 Å². The molecule has 0 unspecified atom stereocenters. The van der Waals surface area contributed by atoms with E-state index in [2.05, 4.69) is 12.2 Å². The third kappa shape index (κ3) is 4.26. The Morgan fingerprint density at radius 3 is 2.77 bits per heavy atom. The minimum Gasteiger partial charge on any atom is -0.497 e. The van der Waals surface area contributed by atoms with Gasteiger partial charge in [0.2, 0.25) is 0 Å². The normalized spacial score (nSPS) is 17.7. The van der Waals surface area contributed by atoms with Crippen LogP contribution in [0, 0.1) is 0 Å². The van der Waals surface area contributed by atoms with Gasteiger partial charge in [0.05, 0.1) is 12.5 Å². The van der Waals surface area contributed by atoms with Crippen LogP contribution in [0.2, 0.25) is 0 Å². The number of fused-ring (bicyclic) bond motifs is 2. The number of nitrogens with zero attached hydrogens (tertiary/aromatic N) is 3.